The predicted octanol–water partition coefficient (Wildman–Crippen LogP) is 0.851. The SMILES string of the molecule is Bc1c(C#N)ccc2c1C(=O)N(Cc1ccccc1)CCO2. The third kappa shape index (κ3) is 2.56. The Balaban J connectivity index is 1.97. The van der Waals surface area contributed by atoms with Gasteiger partial charge in [-0.1, -0.05) is 35.8 Å². The van der Waals surface area contributed by atoms with Gasteiger partial charge < -0.3 is 9.64 Å². The van der Waals surface area contributed by atoms with Crippen molar-refractivity contribution in [3.05, 3.63) is 59.2 Å². The Morgan fingerprint density at radius 2 is 2.00 bits per heavy atom. The third-order valence-corrected chi connectivity index (χ3v) is 3.88. The summed E-state index contributed by atoms with van der Waals surface area (Å²) < 4.78 is 5.70. The molecule has 3 rings (SSSR count). The molecule has 0 bridgehead atoms. The fraction of sp³-hybridized carbons (Fsp3) is 0.176. The third-order valence-electron chi connectivity index (χ3n) is 3.88. The van der Waals surface area contributed by atoms with E-state index >= 15 is 0 Å². The van der Waals surface area contributed by atoms with Crippen LogP contribution >= 0.6 is 0 Å². The minimum absolute atomic E-state index is 0.0778. The summed E-state index contributed by atoms with van der Waals surface area (Å²) in [6.07, 6.45) is 0. The molecule has 0 fully saturated rings. The number of hydrogen-bond acceptors (Lipinski definition) is 3. The largest absolute Gasteiger partial charge is 0.491 e. The van der Waals surface area contributed by atoms with E-state index in [0.29, 0.717) is 42.0 Å². The molecule has 0 saturated carbocycles. The van der Waals surface area contributed by atoms with Crippen LogP contribution in [0.2, 0.25) is 0 Å². The van der Waals surface area contributed by atoms with E-state index in [1.807, 2.05) is 30.3 Å². The van der Waals surface area contributed by atoms with E-state index in [9.17, 15) is 4.79 Å². The predicted molar refractivity (Wildman–Crippen MR) is 86.0 cm³/mol. The van der Waals surface area contributed by atoms with Crippen molar-refractivity contribution in [3.63, 3.8) is 0 Å². The van der Waals surface area contributed by atoms with E-state index in [-0.39, 0.29) is 5.91 Å². The van der Waals surface area contributed by atoms with Crippen LogP contribution in [0.25, 0.3) is 0 Å². The molecule has 0 spiro atoms. The van der Waals surface area contributed by atoms with Crippen LogP contribution < -0.4 is 10.2 Å². The van der Waals surface area contributed by atoms with Crippen molar-refractivity contribution >= 4 is 19.2 Å². The molecule has 1 aliphatic rings. The zero-order valence-corrected chi connectivity index (χ0v) is 12.4. The molecule has 0 aliphatic carbocycles. The van der Waals surface area contributed by atoms with Crippen LogP contribution in [0.1, 0.15) is 21.5 Å². The lowest BCUT2D eigenvalue weighted by Crippen LogP contribution is -2.34. The number of benzene rings is 2. The summed E-state index contributed by atoms with van der Waals surface area (Å²) in [5.74, 6) is 0.489. The van der Waals surface area contributed by atoms with Crippen LogP contribution in [0.4, 0.5) is 0 Å². The first-order valence-corrected chi connectivity index (χ1v) is 7.20. The lowest BCUT2D eigenvalue weighted by Gasteiger charge is -2.21. The summed E-state index contributed by atoms with van der Waals surface area (Å²) in [6, 6.07) is 15.4. The van der Waals surface area contributed by atoms with E-state index in [4.69, 9.17) is 10.00 Å². The Kier molecular flexibility index (Phi) is 3.84. The lowest BCUT2D eigenvalue weighted by molar-refractivity contribution is 0.0744. The van der Waals surface area contributed by atoms with Gasteiger partial charge in [0.25, 0.3) is 5.91 Å². The number of carbonyl (C=O) groups is 1. The summed E-state index contributed by atoms with van der Waals surface area (Å²) in [5.41, 5.74) is 2.78. The van der Waals surface area contributed by atoms with E-state index in [2.05, 4.69) is 6.07 Å². The van der Waals surface area contributed by atoms with Crippen molar-refractivity contribution in [2.45, 2.75) is 6.54 Å². The highest BCUT2D eigenvalue weighted by Crippen LogP contribution is 2.23. The maximum atomic E-state index is 12.9. The van der Waals surface area contributed by atoms with Gasteiger partial charge >= 0.3 is 0 Å². The molecule has 2 aromatic carbocycles. The molecule has 108 valence electrons. The van der Waals surface area contributed by atoms with E-state index in [1.54, 1.807) is 24.9 Å². The molecule has 0 aromatic heterocycles. The Labute approximate surface area is 130 Å². The Morgan fingerprint density at radius 3 is 2.73 bits per heavy atom. The number of carbonyl (C=O) groups excluding carboxylic acids is 1. The zero-order chi connectivity index (χ0) is 15.5. The average molecular weight is 290 g/mol. The number of nitrogens with zero attached hydrogens (tertiary/aromatic N) is 2. The average Bonchev–Trinajstić information content (AvgIpc) is 2.69. The Hall–Kier alpha value is -2.74. The highest BCUT2D eigenvalue weighted by Gasteiger charge is 2.26. The van der Waals surface area contributed by atoms with E-state index < -0.39 is 0 Å². The zero-order valence-electron chi connectivity index (χ0n) is 12.4. The van der Waals surface area contributed by atoms with Crippen molar-refractivity contribution in [1.29, 1.82) is 5.26 Å². The van der Waals surface area contributed by atoms with Crippen LogP contribution in [0.3, 0.4) is 0 Å². The van der Waals surface area contributed by atoms with Gasteiger partial charge in [-0.15, -0.1) is 0 Å². The molecule has 0 saturated heterocycles. The van der Waals surface area contributed by atoms with Gasteiger partial charge in [0, 0.05) is 12.1 Å². The second-order valence-corrected chi connectivity index (χ2v) is 5.28. The summed E-state index contributed by atoms with van der Waals surface area (Å²) >= 11 is 0. The van der Waals surface area contributed by atoms with Crippen LogP contribution in [0, 0.1) is 11.3 Å². The van der Waals surface area contributed by atoms with Crippen molar-refractivity contribution in [2.24, 2.45) is 0 Å². The van der Waals surface area contributed by atoms with Crippen LogP contribution in [-0.4, -0.2) is 31.8 Å². The van der Waals surface area contributed by atoms with Crippen LogP contribution in [-0.2, 0) is 6.54 Å². The molecule has 22 heavy (non-hydrogen) atoms. The molecular formula is C17H15BN2O2. The quantitative estimate of drug-likeness (QED) is 0.771. The summed E-state index contributed by atoms with van der Waals surface area (Å²) in [6.45, 7) is 1.53. The monoisotopic (exact) mass is 290 g/mol. The molecule has 1 amide bonds. The normalized spacial score (nSPS) is 13.8. The van der Waals surface area contributed by atoms with Crippen molar-refractivity contribution in [3.8, 4) is 11.8 Å². The number of nitriles is 1. The summed E-state index contributed by atoms with van der Waals surface area (Å²) in [5, 5.41) is 9.16. The van der Waals surface area contributed by atoms with Gasteiger partial charge in [0.05, 0.1) is 18.2 Å². The molecule has 0 N–H and O–H groups in total. The van der Waals surface area contributed by atoms with Gasteiger partial charge in [-0.05, 0) is 17.7 Å². The molecule has 1 aliphatic heterocycles. The molecule has 1 heterocycles. The lowest BCUT2D eigenvalue weighted by atomic mass is 9.85. The molecule has 2 aromatic rings. The van der Waals surface area contributed by atoms with Gasteiger partial charge in [-0.25, -0.2) is 0 Å². The maximum Gasteiger partial charge on any atom is 0.257 e. The number of hydrogen-bond donors (Lipinski definition) is 0. The first-order chi connectivity index (χ1) is 10.7. The molecule has 0 unspecified atom stereocenters. The Bertz CT molecular complexity index is 753. The topological polar surface area (TPSA) is 53.3 Å². The fourth-order valence-electron chi connectivity index (χ4n) is 2.67. The minimum Gasteiger partial charge on any atom is -0.491 e. The standard InChI is InChI=1S/C17H15BN2O2/c18-16-13(10-19)6-7-14-15(16)17(21)20(8-9-22-14)11-12-4-2-1-3-5-12/h1-7H,8-9,11,18H2. The second kappa shape index (κ2) is 5.94. The second-order valence-electron chi connectivity index (χ2n) is 5.28. The summed E-state index contributed by atoms with van der Waals surface area (Å²) in [4.78, 5) is 14.6. The molecular weight excluding hydrogens is 275 g/mol. The van der Waals surface area contributed by atoms with Crippen LogP contribution in [0.15, 0.2) is 42.5 Å². The molecule has 5 heteroatoms. The van der Waals surface area contributed by atoms with E-state index in [1.165, 1.54) is 0 Å². The van der Waals surface area contributed by atoms with Crippen molar-refractivity contribution in [1.82, 2.24) is 4.90 Å². The van der Waals surface area contributed by atoms with Gasteiger partial charge in [-0.3, -0.25) is 4.79 Å². The molecule has 0 atom stereocenters. The molecule has 0 radical (unpaired) electrons. The fourth-order valence-corrected chi connectivity index (χ4v) is 2.67. The van der Waals surface area contributed by atoms with Gasteiger partial charge in [0.2, 0.25) is 0 Å². The number of amides is 1. The van der Waals surface area contributed by atoms with Gasteiger partial charge in [0.15, 0.2) is 0 Å². The van der Waals surface area contributed by atoms with Crippen molar-refractivity contribution in [2.75, 3.05) is 13.2 Å². The van der Waals surface area contributed by atoms with Gasteiger partial charge in [-0.2, -0.15) is 5.26 Å². The number of rotatable bonds is 2. The first kappa shape index (κ1) is 14.2. The summed E-state index contributed by atoms with van der Waals surface area (Å²) in [7, 11) is 1.80. The smallest absolute Gasteiger partial charge is 0.257 e. The number of ether oxygens (including phenoxy) is 1. The maximum absolute atomic E-state index is 12.9. The van der Waals surface area contributed by atoms with Crippen molar-refractivity contribution < 1.29 is 9.53 Å². The Morgan fingerprint density at radius 1 is 1.23 bits per heavy atom. The minimum atomic E-state index is -0.0778. The van der Waals surface area contributed by atoms with Gasteiger partial charge in [0.1, 0.15) is 20.2 Å². The van der Waals surface area contributed by atoms with E-state index in [0.717, 1.165) is 5.56 Å². The number of fused-ring (bicyclic) bond motifs is 1. The van der Waals surface area contributed by atoms with Crippen LogP contribution in [0.5, 0.6) is 5.75 Å². The first-order valence-electron chi connectivity index (χ1n) is 7.20. The molecule has 4 nitrogen and oxygen atoms in total. The highest BCUT2D eigenvalue weighted by atomic mass is 16.5. The highest BCUT2D eigenvalue weighted by molar-refractivity contribution is 6.38.